The standard InChI is InChI=1S/C15H22FNO2/c1-3-4-9-17-11-12(2)19-15(18)10-13-5-7-14(16)8-6-13/h5-8,12,17H,3-4,9-11H2,1-2H3. The lowest BCUT2D eigenvalue weighted by Crippen LogP contribution is -2.29. The Hall–Kier alpha value is -1.42. The summed E-state index contributed by atoms with van der Waals surface area (Å²) in [7, 11) is 0. The fourth-order valence-electron chi connectivity index (χ4n) is 1.68. The molecule has 0 heterocycles. The molecule has 19 heavy (non-hydrogen) atoms. The van der Waals surface area contributed by atoms with Crippen LogP contribution in [0.3, 0.4) is 0 Å². The van der Waals surface area contributed by atoms with Crippen LogP contribution in [0.15, 0.2) is 24.3 Å². The Kier molecular flexibility index (Phi) is 7.11. The van der Waals surface area contributed by atoms with Crippen LogP contribution in [0.25, 0.3) is 0 Å². The van der Waals surface area contributed by atoms with E-state index < -0.39 is 0 Å². The second-order valence-electron chi connectivity index (χ2n) is 4.66. The van der Waals surface area contributed by atoms with E-state index in [-0.39, 0.29) is 24.3 Å². The van der Waals surface area contributed by atoms with E-state index in [1.165, 1.54) is 12.1 Å². The first kappa shape index (κ1) is 15.6. The molecule has 1 atom stereocenters. The molecule has 1 aromatic carbocycles. The van der Waals surface area contributed by atoms with Gasteiger partial charge in [-0.15, -0.1) is 0 Å². The van der Waals surface area contributed by atoms with Crippen molar-refractivity contribution in [2.45, 2.75) is 39.2 Å². The normalized spacial score (nSPS) is 12.2. The van der Waals surface area contributed by atoms with Gasteiger partial charge in [-0.2, -0.15) is 0 Å². The second kappa shape index (κ2) is 8.64. The Morgan fingerprint density at radius 1 is 1.37 bits per heavy atom. The fraction of sp³-hybridized carbons (Fsp3) is 0.533. The number of hydrogen-bond donors (Lipinski definition) is 1. The van der Waals surface area contributed by atoms with Crippen molar-refractivity contribution in [3.05, 3.63) is 35.6 Å². The molecular formula is C15H22FNO2. The van der Waals surface area contributed by atoms with Crippen molar-refractivity contribution in [3.63, 3.8) is 0 Å². The van der Waals surface area contributed by atoms with Crippen LogP contribution in [0.5, 0.6) is 0 Å². The van der Waals surface area contributed by atoms with Crippen molar-refractivity contribution in [2.24, 2.45) is 0 Å². The summed E-state index contributed by atoms with van der Waals surface area (Å²) >= 11 is 0. The topological polar surface area (TPSA) is 38.3 Å². The predicted octanol–water partition coefficient (Wildman–Crippen LogP) is 2.69. The number of carbonyl (C=O) groups excluding carboxylic acids is 1. The summed E-state index contributed by atoms with van der Waals surface area (Å²) in [6.45, 7) is 5.60. The smallest absolute Gasteiger partial charge is 0.310 e. The number of ether oxygens (including phenoxy) is 1. The molecule has 0 aliphatic rings. The van der Waals surface area contributed by atoms with Gasteiger partial charge in [0.25, 0.3) is 0 Å². The van der Waals surface area contributed by atoms with Crippen molar-refractivity contribution >= 4 is 5.97 Å². The molecule has 0 bridgehead atoms. The Labute approximate surface area is 114 Å². The van der Waals surface area contributed by atoms with Crippen LogP contribution in [0, 0.1) is 5.82 Å². The van der Waals surface area contributed by atoms with E-state index in [0.29, 0.717) is 6.54 Å². The first-order valence-electron chi connectivity index (χ1n) is 6.76. The van der Waals surface area contributed by atoms with E-state index in [4.69, 9.17) is 4.74 Å². The maximum Gasteiger partial charge on any atom is 0.310 e. The maximum absolute atomic E-state index is 12.7. The molecule has 0 aliphatic carbocycles. The first-order chi connectivity index (χ1) is 9.11. The van der Waals surface area contributed by atoms with Crippen LogP contribution in [0.2, 0.25) is 0 Å². The highest BCUT2D eigenvalue weighted by molar-refractivity contribution is 5.72. The molecular weight excluding hydrogens is 245 g/mol. The van der Waals surface area contributed by atoms with Crippen molar-refractivity contribution < 1.29 is 13.9 Å². The molecule has 1 rings (SSSR count). The minimum Gasteiger partial charge on any atom is -0.461 e. The Bertz CT molecular complexity index is 378. The van der Waals surface area contributed by atoms with Crippen LogP contribution >= 0.6 is 0 Å². The SMILES string of the molecule is CCCCNCC(C)OC(=O)Cc1ccc(F)cc1. The van der Waals surface area contributed by atoms with Gasteiger partial charge in [0.05, 0.1) is 6.42 Å². The molecule has 1 N–H and O–H groups in total. The molecule has 0 aromatic heterocycles. The lowest BCUT2D eigenvalue weighted by Gasteiger charge is -2.14. The van der Waals surface area contributed by atoms with Crippen LogP contribution < -0.4 is 5.32 Å². The molecule has 0 fully saturated rings. The van der Waals surface area contributed by atoms with Gasteiger partial charge >= 0.3 is 5.97 Å². The number of halogens is 1. The molecule has 0 radical (unpaired) electrons. The summed E-state index contributed by atoms with van der Waals surface area (Å²) in [6.07, 6.45) is 2.30. The Morgan fingerprint density at radius 3 is 2.68 bits per heavy atom. The summed E-state index contributed by atoms with van der Waals surface area (Å²) < 4.78 is 18.0. The lowest BCUT2D eigenvalue weighted by molar-refractivity contribution is -0.147. The minimum absolute atomic E-state index is 0.148. The lowest BCUT2D eigenvalue weighted by atomic mass is 10.1. The summed E-state index contributed by atoms with van der Waals surface area (Å²) in [6, 6.07) is 5.89. The van der Waals surface area contributed by atoms with Gasteiger partial charge in [-0.05, 0) is 37.6 Å². The van der Waals surface area contributed by atoms with Gasteiger partial charge in [-0.1, -0.05) is 25.5 Å². The van der Waals surface area contributed by atoms with E-state index in [9.17, 15) is 9.18 Å². The molecule has 1 unspecified atom stereocenters. The van der Waals surface area contributed by atoms with Crippen molar-refractivity contribution in [1.29, 1.82) is 0 Å². The number of benzene rings is 1. The molecule has 0 spiro atoms. The monoisotopic (exact) mass is 267 g/mol. The highest BCUT2D eigenvalue weighted by Crippen LogP contribution is 2.05. The zero-order valence-corrected chi connectivity index (χ0v) is 11.6. The van der Waals surface area contributed by atoms with Gasteiger partial charge in [0.2, 0.25) is 0 Å². The van der Waals surface area contributed by atoms with Gasteiger partial charge in [0.15, 0.2) is 0 Å². The second-order valence-corrected chi connectivity index (χ2v) is 4.66. The number of hydrogen-bond acceptors (Lipinski definition) is 3. The Morgan fingerprint density at radius 2 is 2.05 bits per heavy atom. The van der Waals surface area contributed by atoms with E-state index in [2.05, 4.69) is 12.2 Å². The van der Waals surface area contributed by atoms with E-state index in [1.807, 2.05) is 6.92 Å². The number of esters is 1. The maximum atomic E-state index is 12.7. The van der Waals surface area contributed by atoms with E-state index in [1.54, 1.807) is 12.1 Å². The van der Waals surface area contributed by atoms with Crippen LogP contribution in [-0.2, 0) is 16.0 Å². The summed E-state index contributed by atoms with van der Waals surface area (Å²) in [4.78, 5) is 11.7. The molecule has 0 aliphatic heterocycles. The molecule has 0 saturated heterocycles. The molecule has 3 nitrogen and oxygen atoms in total. The van der Waals surface area contributed by atoms with Crippen molar-refractivity contribution in [2.75, 3.05) is 13.1 Å². The largest absolute Gasteiger partial charge is 0.461 e. The van der Waals surface area contributed by atoms with Crippen molar-refractivity contribution in [1.82, 2.24) is 5.32 Å². The molecule has 106 valence electrons. The zero-order chi connectivity index (χ0) is 14.1. The summed E-state index contributed by atoms with van der Waals surface area (Å²) in [5.74, 6) is -0.581. The average molecular weight is 267 g/mol. The number of unbranched alkanes of at least 4 members (excludes halogenated alkanes) is 1. The third-order valence-electron chi connectivity index (χ3n) is 2.73. The average Bonchev–Trinajstić information content (AvgIpc) is 2.37. The Balaban J connectivity index is 2.24. The molecule has 0 amide bonds. The fourth-order valence-corrected chi connectivity index (χ4v) is 1.68. The quantitative estimate of drug-likeness (QED) is 0.581. The van der Waals surface area contributed by atoms with Crippen LogP contribution in [0.1, 0.15) is 32.3 Å². The number of carbonyl (C=O) groups is 1. The van der Waals surface area contributed by atoms with Gasteiger partial charge in [0.1, 0.15) is 11.9 Å². The third-order valence-corrected chi connectivity index (χ3v) is 2.73. The van der Waals surface area contributed by atoms with Gasteiger partial charge < -0.3 is 10.1 Å². The summed E-state index contributed by atoms with van der Waals surface area (Å²) in [5.41, 5.74) is 0.762. The number of rotatable bonds is 8. The van der Waals surface area contributed by atoms with Crippen LogP contribution in [0.4, 0.5) is 4.39 Å². The van der Waals surface area contributed by atoms with Gasteiger partial charge in [-0.25, -0.2) is 4.39 Å². The third kappa shape index (κ3) is 6.91. The number of nitrogens with one attached hydrogen (secondary N) is 1. The van der Waals surface area contributed by atoms with Crippen LogP contribution in [-0.4, -0.2) is 25.2 Å². The first-order valence-corrected chi connectivity index (χ1v) is 6.76. The van der Waals surface area contributed by atoms with E-state index in [0.717, 1.165) is 24.9 Å². The predicted molar refractivity (Wildman–Crippen MR) is 73.4 cm³/mol. The van der Waals surface area contributed by atoms with Gasteiger partial charge in [0, 0.05) is 6.54 Å². The minimum atomic E-state index is -0.300. The molecule has 0 saturated carbocycles. The summed E-state index contributed by atoms with van der Waals surface area (Å²) in [5, 5.41) is 3.24. The molecule has 4 heteroatoms. The highest BCUT2D eigenvalue weighted by atomic mass is 19.1. The van der Waals surface area contributed by atoms with Gasteiger partial charge in [-0.3, -0.25) is 4.79 Å². The molecule has 1 aromatic rings. The van der Waals surface area contributed by atoms with E-state index >= 15 is 0 Å². The van der Waals surface area contributed by atoms with Crippen molar-refractivity contribution in [3.8, 4) is 0 Å². The zero-order valence-electron chi connectivity index (χ0n) is 11.6. The highest BCUT2D eigenvalue weighted by Gasteiger charge is 2.10.